The summed E-state index contributed by atoms with van der Waals surface area (Å²) in [6, 6.07) is 8.76. The molecule has 0 spiro atoms. The van der Waals surface area contributed by atoms with Gasteiger partial charge in [-0.15, -0.1) is 0 Å². The Kier molecular flexibility index (Phi) is 4.76. The summed E-state index contributed by atoms with van der Waals surface area (Å²) < 4.78 is 0.569. The molecule has 3 rings (SSSR count). The lowest BCUT2D eigenvalue weighted by atomic mass is 9.84. The molecule has 1 fully saturated rings. The number of aliphatic hydroxyl groups is 1. The minimum Gasteiger partial charge on any atom is -0.385 e. The third-order valence-corrected chi connectivity index (χ3v) is 5.20. The van der Waals surface area contributed by atoms with Crippen molar-refractivity contribution in [3.05, 3.63) is 61.7 Å². The molecule has 1 aromatic heterocycles. The SMILES string of the molecule is O=[N+]([O-])c1cnc(N2CCC(O)(c3ccccc3Cl)CC2)c(Br)c1. The van der Waals surface area contributed by atoms with Gasteiger partial charge in [0.25, 0.3) is 5.69 Å². The Hall–Kier alpha value is -1.70. The lowest BCUT2D eigenvalue weighted by Crippen LogP contribution is -2.43. The minimum atomic E-state index is -0.970. The Balaban J connectivity index is 1.78. The smallest absolute Gasteiger partial charge is 0.288 e. The molecule has 24 heavy (non-hydrogen) atoms. The highest BCUT2D eigenvalue weighted by Crippen LogP contribution is 2.38. The van der Waals surface area contributed by atoms with Crippen molar-refractivity contribution in [2.45, 2.75) is 18.4 Å². The third kappa shape index (κ3) is 3.24. The predicted octanol–water partition coefficient (Wildman–Crippen LogP) is 3.89. The number of hydrogen-bond acceptors (Lipinski definition) is 5. The van der Waals surface area contributed by atoms with Crippen LogP contribution in [0.1, 0.15) is 18.4 Å². The van der Waals surface area contributed by atoms with Crippen molar-refractivity contribution in [3.8, 4) is 0 Å². The van der Waals surface area contributed by atoms with Crippen LogP contribution in [0.3, 0.4) is 0 Å². The number of halogens is 2. The van der Waals surface area contributed by atoms with Crippen LogP contribution in [0.4, 0.5) is 11.5 Å². The van der Waals surface area contributed by atoms with E-state index in [9.17, 15) is 15.2 Å². The average Bonchev–Trinajstić information content (AvgIpc) is 2.56. The zero-order valence-electron chi connectivity index (χ0n) is 12.7. The molecule has 1 aliphatic rings. The van der Waals surface area contributed by atoms with Gasteiger partial charge in [0.1, 0.15) is 12.0 Å². The van der Waals surface area contributed by atoms with E-state index in [-0.39, 0.29) is 5.69 Å². The summed E-state index contributed by atoms with van der Waals surface area (Å²) in [5.74, 6) is 0.641. The summed E-state index contributed by atoms with van der Waals surface area (Å²) >= 11 is 9.56. The molecule has 1 saturated heterocycles. The highest BCUT2D eigenvalue weighted by Gasteiger charge is 2.36. The van der Waals surface area contributed by atoms with Crippen LogP contribution >= 0.6 is 27.5 Å². The lowest BCUT2D eigenvalue weighted by molar-refractivity contribution is -0.385. The number of pyridine rings is 1. The molecule has 2 aromatic rings. The van der Waals surface area contributed by atoms with E-state index in [1.807, 2.05) is 23.1 Å². The largest absolute Gasteiger partial charge is 0.385 e. The van der Waals surface area contributed by atoms with Gasteiger partial charge in [-0.05, 0) is 34.8 Å². The number of hydrogen-bond donors (Lipinski definition) is 1. The van der Waals surface area contributed by atoms with Gasteiger partial charge in [0.05, 0.1) is 15.0 Å². The summed E-state index contributed by atoms with van der Waals surface area (Å²) in [7, 11) is 0. The van der Waals surface area contributed by atoms with Crippen molar-refractivity contribution in [2.24, 2.45) is 0 Å². The van der Waals surface area contributed by atoms with Crippen molar-refractivity contribution in [2.75, 3.05) is 18.0 Å². The molecule has 0 atom stereocenters. The summed E-state index contributed by atoms with van der Waals surface area (Å²) in [5.41, 5.74) is -0.292. The van der Waals surface area contributed by atoms with E-state index in [0.717, 1.165) is 5.56 Å². The second-order valence-corrected chi connectivity index (χ2v) is 7.02. The molecule has 1 aliphatic heterocycles. The van der Waals surface area contributed by atoms with Crippen LogP contribution in [-0.4, -0.2) is 28.1 Å². The molecule has 0 radical (unpaired) electrons. The van der Waals surface area contributed by atoms with Crippen molar-refractivity contribution in [3.63, 3.8) is 0 Å². The maximum absolute atomic E-state index is 10.9. The molecule has 8 heteroatoms. The van der Waals surface area contributed by atoms with Crippen LogP contribution in [0.15, 0.2) is 41.0 Å². The number of benzene rings is 1. The van der Waals surface area contributed by atoms with Crippen LogP contribution < -0.4 is 4.90 Å². The first-order chi connectivity index (χ1) is 11.4. The van der Waals surface area contributed by atoms with Crippen LogP contribution in [0.25, 0.3) is 0 Å². The van der Waals surface area contributed by atoms with Gasteiger partial charge in [-0.25, -0.2) is 4.98 Å². The second-order valence-electron chi connectivity index (χ2n) is 5.75. The standard InChI is InChI=1S/C16H15BrClN3O3/c17-13-9-11(21(23)24)10-19-15(13)20-7-5-16(22,6-8-20)12-3-1-2-4-14(12)18/h1-4,9-10,22H,5-8H2. The topological polar surface area (TPSA) is 79.5 Å². The van der Waals surface area contributed by atoms with E-state index in [1.165, 1.54) is 12.3 Å². The normalized spacial score (nSPS) is 16.9. The highest BCUT2D eigenvalue weighted by atomic mass is 79.9. The molecular formula is C16H15BrClN3O3. The molecule has 0 bridgehead atoms. The summed E-state index contributed by atoms with van der Waals surface area (Å²) in [6.45, 7) is 1.15. The van der Waals surface area contributed by atoms with E-state index in [2.05, 4.69) is 20.9 Å². The lowest BCUT2D eigenvalue weighted by Gasteiger charge is -2.39. The van der Waals surface area contributed by atoms with Crippen molar-refractivity contribution < 1.29 is 10.0 Å². The van der Waals surface area contributed by atoms with Gasteiger partial charge >= 0.3 is 0 Å². The molecule has 0 unspecified atom stereocenters. The molecule has 2 heterocycles. The number of nitro groups is 1. The van der Waals surface area contributed by atoms with E-state index < -0.39 is 10.5 Å². The second kappa shape index (κ2) is 6.66. The fourth-order valence-electron chi connectivity index (χ4n) is 2.95. The maximum atomic E-state index is 10.9. The molecular weight excluding hydrogens is 398 g/mol. The number of aromatic nitrogens is 1. The zero-order chi connectivity index (χ0) is 17.3. The molecule has 1 N–H and O–H groups in total. The fraction of sp³-hybridized carbons (Fsp3) is 0.312. The minimum absolute atomic E-state index is 0.0600. The van der Waals surface area contributed by atoms with Crippen LogP contribution in [0, 0.1) is 10.1 Å². The van der Waals surface area contributed by atoms with E-state index in [4.69, 9.17) is 11.6 Å². The molecule has 0 saturated carbocycles. The first kappa shape index (κ1) is 17.1. The first-order valence-electron chi connectivity index (χ1n) is 7.43. The fourth-order valence-corrected chi connectivity index (χ4v) is 3.85. The maximum Gasteiger partial charge on any atom is 0.288 e. The van der Waals surface area contributed by atoms with E-state index >= 15 is 0 Å². The average molecular weight is 413 g/mol. The van der Waals surface area contributed by atoms with Gasteiger partial charge in [-0.1, -0.05) is 29.8 Å². The Morgan fingerprint density at radius 2 is 2.00 bits per heavy atom. The molecule has 0 amide bonds. The van der Waals surface area contributed by atoms with E-state index in [1.54, 1.807) is 6.07 Å². The van der Waals surface area contributed by atoms with Crippen molar-refractivity contribution in [1.82, 2.24) is 4.98 Å². The van der Waals surface area contributed by atoms with Crippen LogP contribution in [0.2, 0.25) is 5.02 Å². The number of piperidine rings is 1. The quantitative estimate of drug-likeness (QED) is 0.611. The van der Waals surface area contributed by atoms with Gasteiger partial charge in [-0.2, -0.15) is 0 Å². The zero-order valence-corrected chi connectivity index (χ0v) is 15.0. The Morgan fingerprint density at radius 1 is 1.33 bits per heavy atom. The van der Waals surface area contributed by atoms with Crippen LogP contribution in [0.5, 0.6) is 0 Å². The molecule has 0 aliphatic carbocycles. The monoisotopic (exact) mass is 411 g/mol. The first-order valence-corrected chi connectivity index (χ1v) is 8.60. The third-order valence-electron chi connectivity index (χ3n) is 4.28. The van der Waals surface area contributed by atoms with Crippen molar-refractivity contribution in [1.29, 1.82) is 0 Å². The summed E-state index contributed by atoms with van der Waals surface area (Å²) in [4.78, 5) is 16.5. The predicted molar refractivity (Wildman–Crippen MR) is 95.4 cm³/mol. The van der Waals surface area contributed by atoms with Gasteiger partial charge < -0.3 is 10.0 Å². The van der Waals surface area contributed by atoms with Gasteiger partial charge in [0.15, 0.2) is 0 Å². The van der Waals surface area contributed by atoms with Gasteiger partial charge in [0.2, 0.25) is 0 Å². The van der Waals surface area contributed by atoms with Crippen molar-refractivity contribution >= 4 is 39.0 Å². The Morgan fingerprint density at radius 3 is 2.58 bits per heavy atom. The summed E-state index contributed by atoms with van der Waals surface area (Å²) in [5, 5.41) is 22.3. The molecule has 126 valence electrons. The highest BCUT2D eigenvalue weighted by molar-refractivity contribution is 9.10. The number of anilines is 1. The van der Waals surface area contributed by atoms with Gasteiger partial charge in [-0.3, -0.25) is 10.1 Å². The Labute approximate surface area is 152 Å². The molecule has 1 aromatic carbocycles. The van der Waals surface area contributed by atoms with E-state index in [0.29, 0.717) is 41.2 Å². The van der Waals surface area contributed by atoms with Gasteiger partial charge in [0, 0.05) is 29.7 Å². The molecule has 6 nitrogen and oxygen atoms in total. The number of nitrogens with zero attached hydrogens (tertiary/aromatic N) is 3. The van der Waals surface area contributed by atoms with Crippen LogP contribution in [-0.2, 0) is 5.60 Å². The summed E-state index contributed by atoms with van der Waals surface area (Å²) in [6.07, 6.45) is 2.25. The Bertz CT molecular complexity index is 779. The number of rotatable bonds is 3.